The highest BCUT2D eigenvalue weighted by atomic mass is 32.2. The first kappa shape index (κ1) is 13.1. The van der Waals surface area contributed by atoms with Gasteiger partial charge in [-0.15, -0.1) is 11.8 Å². The van der Waals surface area contributed by atoms with Gasteiger partial charge in [-0.2, -0.15) is 0 Å². The van der Waals surface area contributed by atoms with E-state index in [9.17, 15) is 9.90 Å². The van der Waals surface area contributed by atoms with Gasteiger partial charge in [0, 0.05) is 21.9 Å². The van der Waals surface area contributed by atoms with E-state index in [1.165, 1.54) is 0 Å². The number of carbonyl (C=O) groups is 1. The van der Waals surface area contributed by atoms with Crippen molar-refractivity contribution in [2.24, 2.45) is 0 Å². The Morgan fingerprint density at radius 1 is 1.10 bits per heavy atom. The van der Waals surface area contributed by atoms with Gasteiger partial charge in [0.05, 0.1) is 0 Å². The fraction of sp³-hybridized carbons (Fsp3) is 0.188. The normalized spacial score (nSPS) is 21.0. The first-order valence-corrected chi connectivity index (χ1v) is 7.50. The number of hydrogen-bond acceptors (Lipinski definition) is 3. The number of rotatable bonds is 3. The third-order valence-electron chi connectivity index (χ3n) is 3.58. The standard InChI is InChI=1S/C16H15NO2S/c18-15(19)16(17-12-6-2-1-3-7-12)10-11-20-14-9-5-4-8-13(14)16/h1-9,17H,10-11H2,(H,18,19). The molecular weight excluding hydrogens is 270 g/mol. The predicted octanol–water partition coefficient (Wildman–Crippen LogP) is 3.57. The molecule has 1 aliphatic heterocycles. The molecule has 102 valence electrons. The Morgan fingerprint density at radius 2 is 1.80 bits per heavy atom. The molecule has 2 N–H and O–H groups in total. The summed E-state index contributed by atoms with van der Waals surface area (Å²) in [6, 6.07) is 17.3. The molecule has 0 aromatic heterocycles. The van der Waals surface area contributed by atoms with Crippen molar-refractivity contribution in [3.8, 4) is 0 Å². The number of aliphatic carboxylic acids is 1. The first-order valence-electron chi connectivity index (χ1n) is 6.51. The molecule has 0 bridgehead atoms. The van der Waals surface area contributed by atoms with Gasteiger partial charge in [-0.3, -0.25) is 0 Å². The molecule has 3 rings (SSSR count). The molecule has 0 saturated heterocycles. The van der Waals surface area contributed by atoms with Gasteiger partial charge in [-0.25, -0.2) is 4.79 Å². The number of benzene rings is 2. The van der Waals surface area contributed by atoms with Gasteiger partial charge in [0.25, 0.3) is 0 Å². The predicted molar refractivity (Wildman–Crippen MR) is 81.2 cm³/mol. The Hall–Kier alpha value is -1.94. The van der Waals surface area contributed by atoms with E-state index in [1.54, 1.807) is 11.8 Å². The smallest absolute Gasteiger partial charge is 0.334 e. The number of para-hydroxylation sites is 1. The van der Waals surface area contributed by atoms with E-state index in [2.05, 4.69) is 5.32 Å². The van der Waals surface area contributed by atoms with E-state index in [4.69, 9.17) is 0 Å². The number of carboxylic acid groups (broad SMARTS) is 1. The van der Waals surface area contributed by atoms with Gasteiger partial charge < -0.3 is 10.4 Å². The minimum atomic E-state index is -1.04. The van der Waals surface area contributed by atoms with Crippen LogP contribution in [0.15, 0.2) is 59.5 Å². The van der Waals surface area contributed by atoms with Gasteiger partial charge in [-0.05, 0) is 24.6 Å². The molecular formula is C16H15NO2S. The van der Waals surface area contributed by atoms with Crippen LogP contribution in [-0.4, -0.2) is 16.8 Å². The largest absolute Gasteiger partial charge is 0.479 e. The molecule has 2 aromatic carbocycles. The van der Waals surface area contributed by atoms with Crippen LogP contribution in [0.5, 0.6) is 0 Å². The van der Waals surface area contributed by atoms with Crippen molar-refractivity contribution < 1.29 is 9.90 Å². The lowest BCUT2D eigenvalue weighted by Crippen LogP contribution is -2.45. The van der Waals surface area contributed by atoms with Gasteiger partial charge in [0.1, 0.15) is 0 Å². The van der Waals surface area contributed by atoms with Crippen molar-refractivity contribution in [1.82, 2.24) is 0 Å². The summed E-state index contributed by atoms with van der Waals surface area (Å²) >= 11 is 1.72. The van der Waals surface area contributed by atoms with Gasteiger partial charge >= 0.3 is 5.97 Å². The van der Waals surface area contributed by atoms with Crippen LogP contribution >= 0.6 is 11.8 Å². The quantitative estimate of drug-likeness (QED) is 0.905. The monoisotopic (exact) mass is 285 g/mol. The SMILES string of the molecule is O=C(O)C1(Nc2ccccc2)CCSc2ccccc21. The van der Waals surface area contributed by atoms with Crippen molar-refractivity contribution in [1.29, 1.82) is 0 Å². The third-order valence-corrected chi connectivity index (χ3v) is 4.65. The van der Waals surface area contributed by atoms with E-state index in [0.29, 0.717) is 6.42 Å². The topological polar surface area (TPSA) is 49.3 Å². The molecule has 0 fully saturated rings. The highest BCUT2D eigenvalue weighted by molar-refractivity contribution is 7.99. The fourth-order valence-electron chi connectivity index (χ4n) is 2.57. The van der Waals surface area contributed by atoms with Crippen LogP contribution in [0.3, 0.4) is 0 Å². The van der Waals surface area contributed by atoms with Crippen LogP contribution in [-0.2, 0) is 10.3 Å². The van der Waals surface area contributed by atoms with Crippen LogP contribution in [0.2, 0.25) is 0 Å². The lowest BCUT2D eigenvalue weighted by molar-refractivity contribution is -0.143. The summed E-state index contributed by atoms with van der Waals surface area (Å²) in [5.41, 5.74) is 0.646. The second kappa shape index (κ2) is 5.21. The number of nitrogens with one attached hydrogen (secondary N) is 1. The maximum absolute atomic E-state index is 12.0. The third kappa shape index (κ3) is 2.16. The van der Waals surface area contributed by atoms with Gasteiger partial charge in [-0.1, -0.05) is 36.4 Å². The molecule has 1 heterocycles. The van der Waals surface area contributed by atoms with Crippen molar-refractivity contribution >= 4 is 23.4 Å². The maximum Gasteiger partial charge on any atom is 0.334 e. The average molecular weight is 285 g/mol. The molecule has 3 nitrogen and oxygen atoms in total. The highest BCUT2D eigenvalue weighted by Gasteiger charge is 2.43. The molecule has 1 unspecified atom stereocenters. The van der Waals surface area contributed by atoms with Crippen LogP contribution in [0.4, 0.5) is 5.69 Å². The van der Waals surface area contributed by atoms with E-state index in [0.717, 1.165) is 21.9 Å². The Labute approximate surface area is 122 Å². The molecule has 1 atom stereocenters. The van der Waals surface area contributed by atoms with Gasteiger partial charge in [0.15, 0.2) is 5.54 Å². The molecule has 4 heteroatoms. The molecule has 0 amide bonds. The Bertz CT molecular complexity index is 629. The van der Waals surface area contributed by atoms with Crippen molar-refractivity contribution in [3.05, 3.63) is 60.2 Å². The van der Waals surface area contributed by atoms with Gasteiger partial charge in [0.2, 0.25) is 0 Å². The molecule has 20 heavy (non-hydrogen) atoms. The molecule has 0 saturated carbocycles. The second-order valence-electron chi connectivity index (χ2n) is 4.80. The Balaban J connectivity index is 2.08. The van der Waals surface area contributed by atoms with E-state index >= 15 is 0 Å². The van der Waals surface area contributed by atoms with Crippen LogP contribution < -0.4 is 5.32 Å². The molecule has 2 aromatic rings. The van der Waals surface area contributed by atoms with Crippen LogP contribution in [0, 0.1) is 0 Å². The van der Waals surface area contributed by atoms with E-state index in [-0.39, 0.29) is 0 Å². The summed E-state index contributed by atoms with van der Waals surface area (Å²) in [4.78, 5) is 13.0. The number of hydrogen-bond donors (Lipinski definition) is 2. The number of carboxylic acids is 1. The minimum Gasteiger partial charge on any atom is -0.479 e. The summed E-state index contributed by atoms with van der Waals surface area (Å²) < 4.78 is 0. The molecule has 0 spiro atoms. The van der Waals surface area contributed by atoms with Crippen molar-refractivity contribution in [3.63, 3.8) is 0 Å². The molecule has 0 aliphatic carbocycles. The zero-order valence-corrected chi connectivity index (χ0v) is 11.7. The Kier molecular flexibility index (Phi) is 3.40. The van der Waals surface area contributed by atoms with E-state index < -0.39 is 11.5 Å². The van der Waals surface area contributed by atoms with Crippen molar-refractivity contribution in [2.45, 2.75) is 16.9 Å². The summed E-state index contributed by atoms with van der Waals surface area (Å²) in [5, 5.41) is 13.1. The Morgan fingerprint density at radius 3 is 2.55 bits per heavy atom. The first-order chi connectivity index (χ1) is 9.72. The summed E-state index contributed by atoms with van der Waals surface area (Å²) in [6.07, 6.45) is 0.568. The highest BCUT2D eigenvalue weighted by Crippen LogP contribution is 2.42. The second-order valence-corrected chi connectivity index (χ2v) is 5.93. The van der Waals surface area contributed by atoms with Crippen molar-refractivity contribution in [2.75, 3.05) is 11.1 Å². The molecule has 1 aliphatic rings. The van der Waals surface area contributed by atoms with Crippen LogP contribution in [0.1, 0.15) is 12.0 Å². The minimum absolute atomic E-state index is 0.568. The summed E-state index contributed by atoms with van der Waals surface area (Å²) in [7, 11) is 0. The zero-order valence-electron chi connectivity index (χ0n) is 10.9. The fourth-order valence-corrected chi connectivity index (χ4v) is 3.77. The number of thioether (sulfide) groups is 1. The average Bonchev–Trinajstić information content (AvgIpc) is 2.48. The number of fused-ring (bicyclic) bond motifs is 1. The van der Waals surface area contributed by atoms with E-state index in [1.807, 2.05) is 54.6 Å². The van der Waals surface area contributed by atoms with Crippen LogP contribution in [0.25, 0.3) is 0 Å². The molecule has 0 radical (unpaired) electrons. The maximum atomic E-state index is 12.0. The summed E-state index contributed by atoms with van der Waals surface area (Å²) in [5.74, 6) is -0.0301. The summed E-state index contributed by atoms with van der Waals surface area (Å²) in [6.45, 7) is 0. The lowest BCUT2D eigenvalue weighted by Gasteiger charge is -2.36. The number of anilines is 1. The zero-order chi connectivity index (χ0) is 14.0. The lowest BCUT2D eigenvalue weighted by atomic mass is 9.86.